The van der Waals surface area contributed by atoms with Gasteiger partial charge in [0.05, 0.1) is 17.0 Å². The van der Waals surface area contributed by atoms with Gasteiger partial charge in [-0.05, 0) is 65.9 Å². The molecule has 10 nitrogen and oxygen atoms in total. The molecule has 0 radical (unpaired) electrons. The van der Waals surface area contributed by atoms with E-state index >= 15 is 0 Å². The molecule has 0 bridgehead atoms. The van der Waals surface area contributed by atoms with Crippen molar-refractivity contribution in [3.05, 3.63) is 78.4 Å². The third-order valence-electron chi connectivity index (χ3n) is 7.06. The van der Waals surface area contributed by atoms with Gasteiger partial charge >= 0.3 is 0 Å². The van der Waals surface area contributed by atoms with Crippen molar-refractivity contribution in [2.24, 2.45) is 10.6 Å². The summed E-state index contributed by atoms with van der Waals surface area (Å²) in [4.78, 5) is 47.4. The number of imide groups is 1. The van der Waals surface area contributed by atoms with Crippen molar-refractivity contribution in [3.8, 4) is 11.5 Å². The zero-order valence-corrected chi connectivity index (χ0v) is 24.4. The fourth-order valence-electron chi connectivity index (χ4n) is 4.98. The van der Waals surface area contributed by atoms with E-state index in [-0.39, 0.29) is 35.6 Å². The minimum absolute atomic E-state index is 0.0127. The number of primary sulfonamides is 1. The number of amides is 3. The van der Waals surface area contributed by atoms with Gasteiger partial charge < -0.3 is 9.32 Å². The Labute approximate surface area is 244 Å². The normalized spacial score (nSPS) is 15.9. The molecule has 218 valence electrons. The van der Waals surface area contributed by atoms with Crippen molar-refractivity contribution in [2.45, 2.75) is 51.0 Å². The van der Waals surface area contributed by atoms with Gasteiger partial charge in [-0.25, -0.2) is 23.4 Å². The Hall–Kier alpha value is -4.35. The van der Waals surface area contributed by atoms with Crippen LogP contribution >= 0.6 is 0 Å². The van der Waals surface area contributed by atoms with Crippen molar-refractivity contribution < 1.29 is 27.2 Å². The summed E-state index contributed by atoms with van der Waals surface area (Å²) in [7, 11) is -3.83. The number of hydrogen-bond acceptors (Lipinski definition) is 7. The molecule has 1 saturated heterocycles. The Morgan fingerprint density at radius 3 is 2.31 bits per heavy atom. The number of carbonyl (C=O) groups is 3. The molecule has 0 saturated carbocycles. The molecule has 1 aliphatic rings. The van der Waals surface area contributed by atoms with Crippen LogP contribution in [0.5, 0.6) is 0 Å². The number of sulfonamides is 1. The summed E-state index contributed by atoms with van der Waals surface area (Å²) in [5, 5.41) is 5.19. The number of rotatable bonds is 8. The minimum atomic E-state index is -3.83. The molecule has 5 rings (SSSR count). The van der Waals surface area contributed by atoms with Crippen LogP contribution in [0, 0.1) is 5.41 Å². The number of para-hydroxylation sites is 2. The first kappa shape index (κ1) is 29.2. The Balaban J connectivity index is 1.36. The number of aromatic nitrogens is 1. The van der Waals surface area contributed by atoms with Crippen LogP contribution in [0.2, 0.25) is 0 Å². The fraction of sp³-hybridized carbons (Fsp3) is 0.290. The lowest BCUT2D eigenvalue weighted by atomic mass is 9.91. The lowest BCUT2D eigenvalue weighted by Crippen LogP contribution is -2.47. The van der Waals surface area contributed by atoms with Crippen LogP contribution < -0.4 is 10.0 Å². The molecule has 2 heterocycles. The number of hydrogen-bond donors (Lipinski definition) is 1. The molecule has 1 aromatic heterocycles. The van der Waals surface area contributed by atoms with E-state index in [1.54, 1.807) is 36.4 Å². The number of oxazole rings is 1. The fourth-order valence-corrected chi connectivity index (χ4v) is 5.50. The molecule has 1 aliphatic heterocycles. The first-order valence-electron chi connectivity index (χ1n) is 13.5. The van der Waals surface area contributed by atoms with E-state index in [1.165, 1.54) is 17.0 Å². The van der Waals surface area contributed by atoms with E-state index < -0.39 is 27.9 Å². The van der Waals surface area contributed by atoms with Crippen LogP contribution in [0.25, 0.3) is 22.6 Å². The predicted octanol–water partition coefficient (Wildman–Crippen LogP) is 4.28. The molecule has 1 fully saturated rings. The topological polar surface area (TPSA) is 144 Å². The summed E-state index contributed by atoms with van der Waals surface area (Å²) in [5.41, 5.74) is 2.90. The third-order valence-corrected chi connectivity index (χ3v) is 7.99. The molecule has 1 unspecified atom stereocenters. The number of nitrogens with two attached hydrogens (primary N) is 1. The van der Waals surface area contributed by atoms with Gasteiger partial charge in [-0.1, -0.05) is 45.0 Å². The van der Waals surface area contributed by atoms with Crippen LogP contribution in [0.15, 0.2) is 82.1 Å². The van der Waals surface area contributed by atoms with Crippen LogP contribution in [-0.4, -0.2) is 48.6 Å². The molecular weight excluding hydrogens is 556 g/mol. The average molecular weight is 589 g/mol. The van der Waals surface area contributed by atoms with Gasteiger partial charge in [0.15, 0.2) is 5.58 Å². The van der Waals surface area contributed by atoms with Crippen LogP contribution in [-0.2, 0) is 30.8 Å². The zero-order valence-electron chi connectivity index (χ0n) is 23.6. The highest BCUT2D eigenvalue weighted by Gasteiger charge is 2.44. The monoisotopic (exact) mass is 588 g/mol. The maximum atomic E-state index is 13.7. The average Bonchev–Trinajstić information content (AvgIpc) is 3.48. The lowest BCUT2D eigenvalue weighted by Gasteiger charge is -2.30. The van der Waals surface area contributed by atoms with Gasteiger partial charge in [-0.2, -0.15) is 0 Å². The standard InChI is InChI=1S/C31H32N4O6S/c1-31(2,3)19-28(37)34(17-16-20-8-14-23(15-9-20)42(32,39)40)25-18-27(36)35(30(25)38)22-12-10-21(11-13-22)29-33-24-6-4-5-7-26(24)41-29/h4-15,25H,16-19H2,1-3H3,(H2,32,39,40). The van der Waals surface area contributed by atoms with E-state index in [0.717, 1.165) is 16.0 Å². The van der Waals surface area contributed by atoms with E-state index in [4.69, 9.17) is 9.56 Å². The van der Waals surface area contributed by atoms with Gasteiger partial charge in [0.2, 0.25) is 27.7 Å². The number of fused-ring (bicyclic) bond motifs is 1. The van der Waals surface area contributed by atoms with Gasteiger partial charge in [0, 0.05) is 18.5 Å². The lowest BCUT2D eigenvalue weighted by molar-refractivity contribution is -0.139. The van der Waals surface area contributed by atoms with Crippen LogP contribution in [0.3, 0.4) is 0 Å². The summed E-state index contributed by atoms with van der Waals surface area (Å²) >= 11 is 0. The van der Waals surface area contributed by atoms with Gasteiger partial charge in [-0.15, -0.1) is 0 Å². The first-order valence-corrected chi connectivity index (χ1v) is 15.1. The van der Waals surface area contributed by atoms with Gasteiger partial charge in [0.1, 0.15) is 11.6 Å². The highest BCUT2D eigenvalue weighted by atomic mass is 32.2. The summed E-state index contributed by atoms with van der Waals surface area (Å²) in [6, 6.07) is 19.3. The number of anilines is 1. The molecule has 3 aromatic carbocycles. The summed E-state index contributed by atoms with van der Waals surface area (Å²) in [5.74, 6) is -0.675. The van der Waals surface area contributed by atoms with Crippen molar-refractivity contribution in [1.82, 2.24) is 9.88 Å². The molecule has 0 spiro atoms. The second kappa shape index (κ2) is 11.1. The molecule has 42 heavy (non-hydrogen) atoms. The molecule has 11 heteroatoms. The van der Waals surface area contributed by atoms with Gasteiger partial charge in [-0.3, -0.25) is 14.4 Å². The summed E-state index contributed by atoms with van der Waals surface area (Å²) in [6.45, 7) is 5.97. The van der Waals surface area contributed by atoms with E-state index in [2.05, 4.69) is 4.98 Å². The second-order valence-electron chi connectivity index (χ2n) is 11.6. The molecule has 2 N–H and O–H groups in total. The maximum Gasteiger partial charge on any atom is 0.257 e. The Bertz CT molecular complexity index is 1720. The quantitative estimate of drug-likeness (QED) is 0.303. The minimum Gasteiger partial charge on any atom is -0.436 e. The second-order valence-corrected chi connectivity index (χ2v) is 13.1. The number of nitrogens with zero attached hydrogens (tertiary/aromatic N) is 3. The van der Waals surface area contributed by atoms with E-state index in [1.807, 2.05) is 45.0 Å². The number of carbonyl (C=O) groups excluding carboxylic acids is 3. The van der Waals surface area contributed by atoms with Crippen molar-refractivity contribution in [1.29, 1.82) is 0 Å². The van der Waals surface area contributed by atoms with E-state index in [0.29, 0.717) is 29.1 Å². The summed E-state index contributed by atoms with van der Waals surface area (Å²) in [6.07, 6.45) is 0.415. The first-order chi connectivity index (χ1) is 19.8. The molecule has 4 aromatic rings. The van der Waals surface area contributed by atoms with Crippen molar-refractivity contribution in [3.63, 3.8) is 0 Å². The molecule has 3 amide bonds. The zero-order chi connectivity index (χ0) is 30.2. The number of benzene rings is 3. The maximum absolute atomic E-state index is 13.7. The van der Waals surface area contributed by atoms with Crippen LogP contribution in [0.4, 0.5) is 5.69 Å². The van der Waals surface area contributed by atoms with Gasteiger partial charge in [0.25, 0.3) is 5.91 Å². The third kappa shape index (κ3) is 6.27. The molecule has 1 atom stereocenters. The Kier molecular flexibility index (Phi) is 7.74. The Morgan fingerprint density at radius 1 is 1.02 bits per heavy atom. The van der Waals surface area contributed by atoms with E-state index in [9.17, 15) is 22.8 Å². The van der Waals surface area contributed by atoms with Crippen molar-refractivity contribution >= 4 is 44.5 Å². The Morgan fingerprint density at radius 2 is 1.69 bits per heavy atom. The highest BCUT2D eigenvalue weighted by Crippen LogP contribution is 2.31. The summed E-state index contributed by atoms with van der Waals surface area (Å²) < 4.78 is 29.0. The largest absolute Gasteiger partial charge is 0.436 e. The van der Waals surface area contributed by atoms with Crippen molar-refractivity contribution in [2.75, 3.05) is 11.4 Å². The molecular formula is C31H32N4O6S. The van der Waals surface area contributed by atoms with Crippen LogP contribution in [0.1, 0.15) is 39.2 Å². The smallest absolute Gasteiger partial charge is 0.257 e. The predicted molar refractivity (Wildman–Crippen MR) is 158 cm³/mol. The highest BCUT2D eigenvalue weighted by molar-refractivity contribution is 7.89. The SMILES string of the molecule is CC(C)(C)CC(=O)N(CCc1ccc(S(N)(=O)=O)cc1)C1CC(=O)N(c2ccc(-c3nc4ccccc4o3)cc2)C1=O. The molecule has 0 aliphatic carbocycles.